The summed E-state index contributed by atoms with van der Waals surface area (Å²) in [5, 5.41) is 20.9. The Kier molecular flexibility index (Phi) is 4.64. The number of amides is 2. The van der Waals surface area contributed by atoms with E-state index in [1.165, 1.54) is 0 Å². The molecule has 1 aliphatic rings. The lowest BCUT2D eigenvalue weighted by atomic mass is 9.97. The number of hydrogen-bond acceptors (Lipinski definition) is 3. The van der Waals surface area contributed by atoms with Crippen LogP contribution in [0.3, 0.4) is 0 Å². The Morgan fingerprint density at radius 2 is 1.96 bits per heavy atom. The molecule has 2 N–H and O–H groups in total. The van der Waals surface area contributed by atoms with Crippen molar-refractivity contribution in [2.45, 2.75) is 39.2 Å². The maximum Gasteiger partial charge on any atom is 0.322 e. The molecule has 1 aromatic heterocycles. The average Bonchev–Trinajstić information content (AvgIpc) is 2.90. The molecule has 0 unspecified atom stereocenters. The van der Waals surface area contributed by atoms with E-state index in [1.807, 2.05) is 25.3 Å². The second-order valence-corrected chi connectivity index (χ2v) is 6.80. The maximum atomic E-state index is 12.4. The lowest BCUT2D eigenvalue weighted by Gasteiger charge is -2.31. The number of nitrogens with zero attached hydrogens (tertiary/aromatic N) is 3. The Hall–Kier alpha value is -2.49. The summed E-state index contributed by atoms with van der Waals surface area (Å²) in [5.41, 5.74) is 0.216. The van der Waals surface area contributed by atoms with Crippen molar-refractivity contribution >= 4 is 17.8 Å². The van der Waals surface area contributed by atoms with Crippen molar-refractivity contribution in [1.29, 1.82) is 5.26 Å². The summed E-state index contributed by atoms with van der Waals surface area (Å²) in [6.07, 6.45) is 2.64. The van der Waals surface area contributed by atoms with E-state index in [4.69, 9.17) is 10.4 Å². The van der Waals surface area contributed by atoms with Gasteiger partial charge in [0.05, 0.1) is 11.5 Å². The van der Waals surface area contributed by atoms with E-state index in [1.54, 1.807) is 17.2 Å². The minimum absolute atomic E-state index is 0.262. The molecule has 0 aliphatic carbocycles. The molecule has 7 heteroatoms. The molecule has 1 aliphatic heterocycles. The summed E-state index contributed by atoms with van der Waals surface area (Å²) in [4.78, 5) is 25.0. The lowest BCUT2D eigenvalue weighted by molar-refractivity contribution is -0.143. The van der Waals surface area contributed by atoms with Crippen LogP contribution in [0.4, 0.5) is 10.6 Å². The van der Waals surface area contributed by atoms with Crippen molar-refractivity contribution in [2.75, 3.05) is 18.4 Å². The molecule has 2 heterocycles. The van der Waals surface area contributed by atoms with Crippen LogP contribution in [0.25, 0.3) is 0 Å². The first-order chi connectivity index (χ1) is 10.7. The second kappa shape index (κ2) is 6.32. The van der Waals surface area contributed by atoms with Crippen molar-refractivity contribution in [2.24, 2.45) is 5.92 Å². The number of carbonyl (C=O) groups excluding carboxylic acids is 1. The molecule has 0 aromatic carbocycles. The molecule has 0 atom stereocenters. The van der Waals surface area contributed by atoms with E-state index in [2.05, 4.69) is 11.4 Å². The van der Waals surface area contributed by atoms with Crippen molar-refractivity contribution in [1.82, 2.24) is 9.47 Å². The first-order valence-electron chi connectivity index (χ1n) is 7.64. The van der Waals surface area contributed by atoms with E-state index >= 15 is 0 Å². The van der Waals surface area contributed by atoms with E-state index < -0.39 is 5.97 Å². The van der Waals surface area contributed by atoms with Gasteiger partial charge >= 0.3 is 12.0 Å². The van der Waals surface area contributed by atoms with Crippen LogP contribution in [0.5, 0.6) is 0 Å². The molecule has 7 nitrogen and oxygen atoms in total. The van der Waals surface area contributed by atoms with E-state index in [0.29, 0.717) is 37.3 Å². The third-order valence-electron chi connectivity index (χ3n) is 4.04. The van der Waals surface area contributed by atoms with Gasteiger partial charge in [-0.2, -0.15) is 5.26 Å². The van der Waals surface area contributed by atoms with Crippen molar-refractivity contribution in [3.8, 4) is 6.07 Å². The van der Waals surface area contributed by atoms with E-state index in [9.17, 15) is 9.59 Å². The topological polar surface area (TPSA) is 98.4 Å². The molecule has 0 bridgehead atoms. The maximum absolute atomic E-state index is 12.4. The highest BCUT2D eigenvalue weighted by Gasteiger charge is 2.28. The molecule has 2 amide bonds. The van der Waals surface area contributed by atoms with Crippen LogP contribution >= 0.6 is 0 Å². The van der Waals surface area contributed by atoms with Gasteiger partial charge in [-0.15, -0.1) is 0 Å². The number of aromatic nitrogens is 1. The molecule has 2 rings (SSSR count). The van der Waals surface area contributed by atoms with Gasteiger partial charge in [0.1, 0.15) is 11.9 Å². The monoisotopic (exact) mass is 318 g/mol. The molecule has 124 valence electrons. The van der Waals surface area contributed by atoms with E-state index in [-0.39, 0.29) is 17.5 Å². The summed E-state index contributed by atoms with van der Waals surface area (Å²) in [6, 6.07) is 3.46. The molecule has 0 radical (unpaired) electrons. The fourth-order valence-electron chi connectivity index (χ4n) is 2.69. The Morgan fingerprint density at radius 1 is 1.35 bits per heavy atom. The van der Waals surface area contributed by atoms with Crippen molar-refractivity contribution in [3.05, 3.63) is 17.8 Å². The molecule has 1 fully saturated rings. The summed E-state index contributed by atoms with van der Waals surface area (Å²) < 4.78 is 1.85. The van der Waals surface area contributed by atoms with Crippen LogP contribution in [0.1, 0.15) is 39.2 Å². The summed E-state index contributed by atoms with van der Waals surface area (Å²) in [6.45, 7) is 6.81. The Morgan fingerprint density at radius 3 is 2.43 bits per heavy atom. The van der Waals surface area contributed by atoms with Crippen LogP contribution in [0.15, 0.2) is 12.3 Å². The fourth-order valence-corrected chi connectivity index (χ4v) is 2.69. The number of carboxylic acids is 1. The molecule has 0 saturated carbocycles. The standard InChI is InChI=1S/C16H22N4O3/c1-16(2,3)20-10-11(9-17)8-13(20)18-15(23)19-6-4-12(5-7-19)14(21)22/h8,10,12H,4-7H2,1-3H3,(H,18,23)(H,21,22). The normalized spacial score (nSPS) is 16.0. The number of anilines is 1. The van der Waals surface area contributed by atoms with Gasteiger partial charge in [-0.05, 0) is 39.7 Å². The van der Waals surface area contributed by atoms with Crippen LogP contribution in [-0.4, -0.2) is 39.7 Å². The molecular formula is C16H22N4O3. The van der Waals surface area contributed by atoms with Crippen molar-refractivity contribution < 1.29 is 14.7 Å². The van der Waals surface area contributed by atoms with Gasteiger partial charge in [0.25, 0.3) is 0 Å². The Balaban J connectivity index is 2.08. The minimum atomic E-state index is -0.801. The third kappa shape index (κ3) is 3.83. The lowest BCUT2D eigenvalue weighted by Crippen LogP contribution is -2.43. The van der Waals surface area contributed by atoms with E-state index in [0.717, 1.165) is 0 Å². The van der Waals surface area contributed by atoms with Gasteiger partial charge in [0.15, 0.2) is 0 Å². The van der Waals surface area contributed by atoms with Crippen LogP contribution in [-0.2, 0) is 10.3 Å². The third-order valence-corrected chi connectivity index (χ3v) is 4.04. The quantitative estimate of drug-likeness (QED) is 0.875. The zero-order chi connectivity index (χ0) is 17.2. The van der Waals surface area contributed by atoms with Crippen LogP contribution in [0.2, 0.25) is 0 Å². The number of carboxylic acid groups (broad SMARTS) is 1. The highest BCUT2D eigenvalue weighted by molar-refractivity contribution is 5.89. The summed E-state index contributed by atoms with van der Waals surface area (Å²) >= 11 is 0. The van der Waals surface area contributed by atoms with Gasteiger partial charge in [-0.3, -0.25) is 10.1 Å². The SMILES string of the molecule is CC(C)(C)n1cc(C#N)cc1NC(=O)N1CCC(C(=O)O)CC1. The predicted molar refractivity (Wildman–Crippen MR) is 85.1 cm³/mol. The van der Waals surface area contributed by atoms with Crippen LogP contribution < -0.4 is 5.32 Å². The zero-order valence-corrected chi connectivity index (χ0v) is 13.7. The fraction of sp³-hybridized carbons (Fsp3) is 0.562. The highest BCUT2D eigenvalue weighted by atomic mass is 16.4. The van der Waals surface area contributed by atoms with Gasteiger partial charge in [0, 0.05) is 24.8 Å². The Bertz CT molecular complexity index is 643. The number of likely N-dealkylation sites (tertiary alicyclic amines) is 1. The zero-order valence-electron chi connectivity index (χ0n) is 13.7. The number of nitrogens with one attached hydrogen (secondary N) is 1. The number of piperidine rings is 1. The summed E-state index contributed by atoms with van der Waals surface area (Å²) in [5.74, 6) is -0.604. The van der Waals surface area contributed by atoms with Gasteiger partial charge in [-0.25, -0.2) is 4.79 Å². The number of hydrogen-bond donors (Lipinski definition) is 2. The largest absolute Gasteiger partial charge is 0.481 e. The number of rotatable bonds is 2. The second-order valence-electron chi connectivity index (χ2n) is 6.80. The van der Waals surface area contributed by atoms with Crippen LogP contribution in [0, 0.1) is 17.2 Å². The average molecular weight is 318 g/mol. The molecule has 23 heavy (non-hydrogen) atoms. The minimum Gasteiger partial charge on any atom is -0.481 e. The van der Waals surface area contributed by atoms with Gasteiger partial charge in [0.2, 0.25) is 0 Å². The predicted octanol–water partition coefficient (Wildman–Crippen LogP) is 2.44. The first kappa shape index (κ1) is 16.9. The highest BCUT2D eigenvalue weighted by Crippen LogP contribution is 2.25. The molecule has 1 saturated heterocycles. The number of carbonyl (C=O) groups is 2. The summed E-state index contributed by atoms with van der Waals surface area (Å²) in [7, 11) is 0. The molecular weight excluding hydrogens is 296 g/mol. The Labute approximate surface area is 135 Å². The van der Waals surface area contributed by atoms with Gasteiger partial charge < -0.3 is 14.6 Å². The molecule has 0 spiro atoms. The molecule has 1 aromatic rings. The first-order valence-corrected chi connectivity index (χ1v) is 7.64. The number of urea groups is 1. The van der Waals surface area contributed by atoms with Crippen molar-refractivity contribution in [3.63, 3.8) is 0 Å². The number of nitriles is 1. The smallest absolute Gasteiger partial charge is 0.322 e. The van der Waals surface area contributed by atoms with Gasteiger partial charge in [-0.1, -0.05) is 0 Å². The number of aliphatic carboxylic acids is 1.